The summed E-state index contributed by atoms with van der Waals surface area (Å²) >= 11 is 0. The van der Waals surface area contributed by atoms with Gasteiger partial charge < -0.3 is 34.3 Å². The highest BCUT2D eigenvalue weighted by Gasteiger charge is 2.48. The zero-order valence-corrected chi connectivity index (χ0v) is 38.3. The van der Waals surface area contributed by atoms with Crippen molar-refractivity contribution < 1.29 is 56.2 Å². The number of esters is 1. The third kappa shape index (κ3) is 32.8. The first-order valence-electron chi connectivity index (χ1n) is 23.2. The zero-order chi connectivity index (χ0) is 44.7. The van der Waals surface area contributed by atoms with Crippen LogP contribution in [-0.2, 0) is 38.3 Å². The molecule has 1 aliphatic rings. The van der Waals surface area contributed by atoms with Crippen LogP contribution in [0.15, 0.2) is 72.9 Å². The van der Waals surface area contributed by atoms with Gasteiger partial charge in [-0.25, -0.2) is 4.18 Å². The number of carbonyl (C=O) groups excluding carboxylic acids is 1. The molecule has 4 N–H and O–H groups in total. The lowest BCUT2D eigenvalue weighted by atomic mass is 9.99. The van der Waals surface area contributed by atoms with E-state index in [4.69, 9.17) is 23.5 Å². The largest absolute Gasteiger partial charge is 0.457 e. The van der Waals surface area contributed by atoms with Crippen LogP contribution in [0.1, 0.15) is 162 Å². The molecular weight excluding hydrogens is 801 g/mol. The Morgan fingerprint density at radius 3 is 1.62 bits per heavy atom. The molecule has 0 aromatic carbocycles. The van der Waals surface area contributed by atoms with Crippen molar-refractivity contribution in [3.05, 3.63) is 72.9 Å². The Morgan fingerprint density at radius 2 is 1.13 bits per heavy atom. The number of allylic oxidation sites excluding steroid dienone is 12. The third-order valence-electron chi connectivity index (χ3n) is 10.1. The van der Waals surface area contributed by atoms with E-state index < -0.39 is 59.8 Å². The molecule has 0 spiro atoms. The molecule has 352 valence electrons. The quantitative estimate of drug-likeness (QED) is 0.0199. The predicted molar refractivity (Wildman–Crippen MR) is 243 cm³/mol. The van der Waals surface area contributed by atoms with Gasteiger partial charge in [-0.15, -0.1) is 0 Å². The predicted octanol–water partition coefficient (Wildman–Crippen LogP) is 9.91. The molecule has 1 fully saturated rings. The average molecular weight is 883 g/mol. The topological polar surface area (TPSA) is 178 Å². The summed E-state index contributed by atoms with van der Waals surface area (Å²) in [6, 6.07) is 0. The van der Waals surface area contributed by atoms with Gasteiger partial charge in [0.15, 0.2) is 6.29 Å². The standard InChI is InChI=1S/C48H82O12S/c1-3-5-7-9-11-13-15-17-18-19-20-21-22-23-24-25-27-29-31-33-35-37-44(50)58-42(40-56-38-36-34-32-30-28-26-16-14-12-10-8-6-4-2)41-57-48-46(52)47(60-61(53,54)55)45(51)43(39-49)59-48/h5,7,11,13,17-18,20-21,23-24,27,29,42-43,45-49,51-52H,3-4,6,8-10,12,14-16,19,22,25-26,28,30-41H2,1-2H3,(H,53,54,55)/b7-5-,13-11-,18-17-,21-20-,24-23-,29-27-. The fourth-order valence-electron chi connectivity index (χ4n) is 6.62. The van der Waals surface area contributed by atoms with Crippen molar-refractivity contribution >= 4 is 16.4 Å². The Labute approximate surface area is 369 Å². The van der Waals surface area contributed by atoms with E-state index in [2.05, 4.69) is 90.9 Å². The van der Waals surface area contributed by atoms with Crippen molar-refractivity contribution in [2.45, 2.75) is 198 Å². The van der Waals surface area contributed by atoms with Gasteiger partial charge in [-0.1, -0.05) is 164 Å². The Morgan fingerprint density at radius 1 is 0.639 bits per heavy atom. The normalized spacial score (nSPS) is 20.8. The molecule has 1 aliphatic heterocycles. The van der Waals surface area contributed by atoms with Crippen LogP contribution in [0.25, 0.3) is 0 Å². The summed E-state index contributed by atoms with van der Waals surface area (Å²) < 4.78 is 59.0. The maximum absolute atomic E-state index is 12.8. The van der Waals surface area contributed by atoms with Crippen molar-refractivity contribution in [1.29, 1.82) is 0 Å². The number of ether oxygens (including phenoxy) is 4. The first-order chi connectivity index (χ1) is 29.6. The van der Waals surface area contributed by atoms with Gasteiger partial charge in [-0.05, 0) is 64.2 Å². The number of hydrogen-bond acceptors (Lipinski definition) is 11. The van der Waals surface area contributed by atoms with Gasteiger partial charge in [0, 0.05) is 13.0 Å². The molecule has 1 saturated heterocycles. The first-order valence-corrected chi connectivity index (χ1v) is 24.6. The summed E-state index contributed by atoms with van der Waals surface area (Å²) in [6.45, 7) is 3.81. The molecule has 12 nitrogen and oxygen atoms in total. The van der Waals surface area contributed by atoms with Crippen LogP contribution in [0.4, 0.5) is 0 Å². The van der Waals surface area contributed by atoms with Crippen LogP contribution >= 0.6 is 0 Å². The molecule has 6 unspecified atom stereocenters. The van der Waals surface area contributed by atoms with Crippen LogP contribution in [0.5, 0.6) is 0 Å². The first kappa shape index (κ1) is 56.6. The van der Waals surface area contributed by atoms with Crippen molar-refractivity contribution in [3.8, 4) is 0 Å². The molecule has 13 heteroatoms. The zero-order valence-electron chi connectivity index (χ0n) is 37.4. The van der Waals surface area contributed by atoms with E-state index in [9.17, 15) is 28.5 Å². The second-order valence-electron chi connectivity index (χ2n) is 15.6. The fourth-order valence-corrected chi connectivity index (χ4v) is 7.12. The molecule has 0 amide bonds. The van der Waals surface area contributed by atoms with Crippen LogP contribution < -0.4 is 0 Å². The highest BCUT2D eigenvalue weighted by molar-refractivity contribution is 7.80. The minimum atomic E-state index is -5.07. The maximum atomic E-state index is 12.8. The average Bonchev–Trinajstić information content (AvgIpc) is 3.23. The lowest BCUT2D eigenvalue weighted by Crippen LogP contribution is -2.60. The molecule has 0 aromatic rings. The number of carbonyl (C=O) groups is 1. The Bertz CT molecular complexity index is 1340. The van der Waals surface area contributed by atoms with Gasteiger partial charge in [-0.3, -0.25) is 9.35 Å². The molecule has 61 heavy (non-hydrogen) atoms. The second kappa shape index (κ2) is 39.2. The molecule has 0 saturated carbocycles. The molecular formula is C48H82O12S. The molecule has 0 radical (unpaired) electrons. The summed E-state index contributed by atoms with van der Waals surface area (Å²) in [5.41, 5.74) is 0. The monoisotopic (exact) mass is 883 g/mol. The van der Waals surface area contributed by atoms with Crippen LogP contribution in [0.3, 0.4) is 0 Å². The summed E-state index contributed by atoms with van der Waals surface area (Å²) in [7, 11) is -5.07. The van der Waals surface area contributed by atoms with Gasteiger partial charge in [0.2, 0.25) is 0 Å². The van der Waals surface area contributed by atoms with E-state index >= 15 is 0 Å². The van der Waals surface area contributed by atoms with Gasteiger partial charge in [0.25, 0.3) is 0 Å². The lowest BCUT2D eigenvalue weighted by Gasteiger charge is -2.41. The molecule has 6 atom stereocenters. The summed E-state index contributed by atoms with van der Waals surface area (Å²) in [5, 5.41) is 30.7. The summed E-state index contributed by atoms with van der Waals surface area (Å²) in [6.07, 6.45) is 40.8. The number of aliphatic hydroxyl groups is 3. The van der Waals surface area contributed by atoms with E-state index in [0.717, 1.165) is 70.6 Å². The van der Waals surface area contributed by atoms with E-state index in [0.29, 0.717) is 13.0 Å². The Balaban J connectivity index is 2.46. The number of unbranched alkanes of at least 4 members (excludes halogenated alkanes) is 14. The van der Waals surface area contributed by atoms with Crippen molar-refractivity contribution in [3.63, 3.8) is 0 Å². The van der Waals surface area contributed by atoms with E-state index in [1.54, 1.807) is 0 Å². The second-order valence-corrected chi connectivity index (χ2v) is 16.7. The van der Waals surface area contributed by atoms with Crippen LogP contribution in [-0.4, -0.2) is 97.5 Å². The lowest BCUT2D eigenvalue weighted by molar-refractivity contribution is -0.301. The highest BCUT2D eigenvalue weighted by Crippen LogP contribution is 2.26. The highest BCUT2D eigenvalue weighted by atomic mass is 32.3. The van der Waals surface area contributed by atoms with Crippen LogP contribution in [0, 0.1) is 0 Å². The van der Waals surface area contributed by atoms with Crippen molar-refractivity contribution in [1.82, 2.24) is 0 Å². The number of hydrogen-bond donors (Lipinski definition) is 4. The van der Waals surface area contributed by atoms with E-state index in [1.807, 2.05) is 0 Å². The summed E-state index contributed by atoms with van der Waals surface area (Å²) in [5.74, 6) is -0.442. The molecule has 1 heterocycles. The molecule has 0 aromatic heterocycles. The van der Waals surface area contributed by atoms with Crippen molar-refractivity contribution in [2.24, 2.45) is 0 Å². The Kier molecular flexibility index (Phi) is 36.3. The third-order valence-corrected chi connectivity index (χ3v) is 10.6. The van der Waals surface area contributed by atoms with Gasteiger partial charge in [0.05, 0.1) is 19.8 Å². The molecule has 0 aliphatic carbocycles. The van der Waals surface area contributed by atoms with Gasteiger partial charge >= 0.3 is 16.4 Å². The minimum absolute atomic E-state index is 0.0162. The number of aliphatic hydroxyl groups excluding tert-OH is 3. The Hall–Kier alpha value is -2.46. The SMILES string of the molecule is CC/C=C\C/C=C\C/C=C\C/C=C\C/C=C\C/C=C\CCCCC(=O)OC(COCCCCCCCCCCCCCCC)COC1OC(CO)C(O)C(OS(=O)(=O)O)C1O. The number of rotatable bonds is 39. The van der Waals surface area contributed by atoms with Crippen LogP contribution in [0.2, 0.25) is 0 Å². The molecule has 1 rings (SSSR count). The maximum Gasteiger partial charge on any atom is 0.397 e. The van der Waals surface area contributed by atoms with Gasteiger partial charge in [0.1, 0.15) is 30.5 Å². The van der Waals surface area contributed by atoms with Gasteiger partial charge in [-0.2, -0.15) is 8.42 Å². The van der Waals surface area contributed by atoms with E-state index in [-0.39, 0.29) is 19.6 Å². The summed E-state index contributed by atoms with van der Waals surface area (Å²) in [4.78, 5) is 12.8. The fraction of sp³-hybridized carbons (Fsp3) is 0.729. The minimum Gasteiger partial charge on any atom is -0.457 e. The van der Waals surface area contributed by atoms with Crippen molar-refractivity contribution in [2.75, 3.05) is 26.4 Å². The van der Waals surface area contributed by atoms with E-state index in [1.165, 1.54) is 64.2 Å². The molecule has 0 bridgehead atoms. The smallest absolute Gasteiger partial charge is 0.397 e.